The van der Waals surface area contributed by atoms with Crippen molar-refractivity contribution >= 4 is 5.82 Å². The minimum absolute atomic E-state index is 0.493. The van der Waals surface area contributed by atoms with Gasteiger partial charge in [-0.2, -0.15) is 0 Å². The molecule has 0 aliphatic carbocycles. The number of rotatable bonds is 7. The van der Waals surface area contributed by atoms with E-state index in [0.29, 0.717) is 5.92 Å². The van der Waals surface area contributed by atoms with Gasteiger partial charge in [0.05, 0.1) is 6.54 Å². The standard InChI is InChI=1S/C21H33N7/c1-3-7-18-14-22-16-23-20(18)27-12-8-17(9-13-27)21-25-24-19(28(21)4-2)15-26-10-5-6-11-26/h14,16-17H,3-13,15H2,1-2H3. The highest BCUT2D eigenvalue weighted by Gasteiger charge is 2.27. The lowest BCUT2D eigenvalue weighted by atomic mass is 9.95. The van der Waals surface area contributed by atoms with Gasteiger partial charge in [0.1, 0.15) is 23.8 Å². The van der Waals surface area contributed by atoms with Crippen molar-refractivity contribution in [3.63, 3.8) is 0 Å². The highest BCUT2D eigenvalue weighted by Crippen LogP contribution is 2.31. The van der Waals surface area contributed by atoms with Gasteiger partial charge in [-0.25, -0.2) is 9.97 Å². The number of anilines is 1. The zero-order valence-electron chi connectivity index (χ0n) is 17.3. The van der Waals surface area contributed by atoms with Crippen LogP contribution in [0, 0.1) is 0 Å². The molecule has 0 amide bonds. The Kier molecular flexibility index (Phi) is 6.20. The third-order valence-corrected chi connectivity index (χ3v) is 6.18. The molecule has 0 saturated carbocycles. The molecule has 7 nitrogen and oxygen atoms in total. The number of likely N-dealkylation sites (tertiary alicyclic amines) is 1. The maximum Gasteiger partial charge on any atom is 0.147 e. The molecule has 152 valence electrons. The van der Waals surface area contributed by atoms with Crippen LogP contribution in [0.15, 0.2) is 12.5 Å². The SMILES string of the molecule is CCCc1cncnc1N1CCC(c2nnc(CN3CCCC3)n2CC)CC1. The Bertz CT molecular complexity index is 758. The van der Waals surface area contributed by atoms with Crippen LogP contribution in [0.4, 0.5) is 5.82 Å². The number of hydrogen-bond donors (Lipinski definition) is 0. The molecule has 0 radical (unpaired) electrons. The monoisotopic (exact) mass is 383 g/mol. The molecule has 0 N–H and O–H groups in total. The van der Waals surface area contributed by atoms with E-state index in [1.807, 2.05) is 6.20 Å². The summed E-state index contributed by atoms with van der Waals surface area (Å²) in [4.78, 5) is 13.8. The van der Waals surface area contributed by atoms with Crippen molar-refractivity contribution in [3.05, 3.63) is 29.7 Å². The van der Waals surface area contributed by atoms with E-state index in [9.17, 15) is 0 Å². The van der Waals surface area contributed by atoms with Crippen molar-refractivity contribution in [1.29, 1.82) is 0 Å². The average Bonchev–Trinajstić information content (AvgIpc) is 3.39. The predicted molar refractivity (Wildman–Crippen MR) is 110 cm³/mol. The summed E-state index contributed by atoms with van der Waals surface area (Å²) in [7, 11) is 0. The molecule has 7 heteroatoms. The van der Waals surface area contributed by atoms with Crippen LogP contribution in [0.3, 0.4) is 0 Å². The first-order valence-corrected chi connectivity index (χ1v) is 11.0. The minimum atomic E-state index is 0.493. The molecule has 4 rings (SSSR count). The maximum atomic E-state index is 4.64. The van der Waals surface area contributed by atoms with E-state index >= 15 is 0 Å². The average molecular weight is 384 g/mol. The zero-order chi connectivity index (χ0) is 19.3. The number of aryl methyl sites for hydroxylation is 1. The fourth-order valence-corrected chi connectivity index (χ4v) is 4.69. The fraction of sp³-hybridized carbons (Fsp3) is 0.714. The van der Waals surface area contributed by atoms with Crippen molar-refractivity contribution in [1.82, 2.24) is 29.6 Å². The van der Waals surface area contributed by atoms with Crippen molar-refractivity contribution in [2.75, 3.05) is 31.1 Å². The molecule has 2 aromatic rings. The van der Waals surface area contributed by atoms with Crippen LogP contribution < -0.4 is 4.90 Å². The lowest BCUT2D eigenvalue weighted by molar-refractivity contribution is 0.315. The second-order valence-corrected chi connectivity index (χ2v) is 8.08. The molecule has 4 heterocycles. The third kappa shape index (κ3) is 4.04. The summed E-state index contributed by atoms with van der Waals surface area (Å²) < 4.78 is 2.37. The molecular weight excluding hydrogens is 350 g/mol. The molecule has 0 aromatic carbocycles. The third-order valence-electron chi connectivity index (χ3n) is 6.18. The van der Waals surface area contributed by atoms with Crippen LogP contribution in [0.2, 0.25) is 0 Å². The van der Waals surface area contributed by atoms with Crippen molar-refractivity contribution in [2.45, 2.75) is 71.4 Å². The summed E-state index contributed by atoms with van der Waals surface area (Å²) in [6.07, 6.45) is 10.7. The highest BCUT2D eigenvalue weighted by molar-refractivity contribution is 5.46. The summed E-state index contributed by atoms with van der Waals surface area (Å²) in [6.45, 7) is 10.8. The van der Waals surface area contributed by atoms with Gasteiger partial charge < -0.3 is 9.47 Å². The summed E-state index contributed by atoms with van der Waals surface area (Å²) in [5.74, 6) is 3.95. The van der Waals surface area contributed by atoms with E-state index in [1.165, 1.54) is 37.3 Å². The number of nitrogens with zero attached hydrogens (tertiary/aromatic N) is 7. The number of piperidine rings is 1. The van der Waals surface area contributed by atoms with E-state index in [4.69, 9.17) is 0 Å². The second kappa shape index (κ2) is 8.99. The Labute approximate surface area is 168 Å². The summed E-state index contributed by atoms with van der Waals surface area (Å²) in [5.41, 5.74) is 1.27. The van der Waals surface area contributed by atoms with Gasteiger partial charge in [-0.15, -0.1) is 10.2 Å². The van der Waals surface area contributed by atoms with Gasteiger partial charge >= 0.3 is 0 Å². The van der Waals surface area contributed by atoms with E-state index in [2.05, 4.69) is 48.4 Å². The van der Waals surface area contributed by atoms with Crippen molar-refractivity contribution in [2.24, 2.45) is 0 Å². The Hall–Kier alpha value is -2.02. The number of aromatic nitrogens is 5. The first kappa shape index (κ1) is 19.3. The van der Waals surface area contributed by atoms with Crippen LogP contribution in [-0.4, -0.2) is 55.8 Å². The molecule has 0 unspecified atom stereocenters. The fourth-order valence-electron chi connectivity index (χ4n) is 4.69. The van der Waals surface area contributed by atoms with Gasteiger partial charge in [0.15, 0.2) is 0 Å². The van der Waals surface area contributed by atoms with Crippen LogP contribution >= 0.6 is 0 Å². The van der Waals surface area contributed by atoms with Gasteiger partial charge in [-0.3, -0.25) is 4.90 Å². The lowest BCUT2D eigenvalue weighted by Crippen LogP contribution is -2.35. The molecule has 0 spiro atoms. The van der Waals surface area contributed by atoms with Gasteiger partial charge in [-0.05, 0) is 52.1 Å². The van der Waals surface area contributed by atoms with Gasteiger partial charge in [0.2, 0.25) is 0 Å². The molecule has 0 bridgehead atoms. The first-order valence-electron chi connectivity index (χ1n) is 11.0. The smallest absolute Gasteiger partial charge is 0.147 e. The van der Waals surface area contributed by atoms with E-state index in [1.54, 1.807) is 6.33 Å². The lowest BCUT2D eigenvalue weighted by Gasteiger charge is -2.33. The highest BCUT2D eigenvalue weighted by atomic mass is 15.3. The summed E-state index contributed by atoms with van der Waals surface area (Å²) in [6, 6.07) is 0. The number of hydrogen-bond acceptors (Lipinski definition) is 6. The van der Waals surface area contributed by atoms with Crippen LogP contribution in [0.5, 0.6) is 0 Å². The van der Waals surface area contributed by atoms with Gasteiger partial charge in [0, 0.05) is 37.3 Å². The van der Waals surface area contributed by atoms with Gasteiger partial charge in [0.25, 0.3) is 0 Å². The Morgan fingerprint density at radius 2 is 1.82 bits per heavy atom. The Balaban J connectivity index is 1.43. The molecule has 2 aliphatic rings. The largest absolute Gasteiger partial charge is 0.356 e. The maximum absolute atomic E-state index is 4.64. The van der Waals surface area contributed by atoms with Crippen LogP contribution in [-0.2, 0) is 19.5 Å². The molecular formula is C21H33N7. The molecule has 2 saturated heterocycles. The van der Waals surface area contributed by atoms with Crippen LogP contribution in [0.1, 0.15) is 69.1 Å². The van der Waals surface area contributed by atoms with E-state index < -0.39 is 0 Å². The molecule has 2 aromatic heterocycles. The van der Waals surface area contributed by atoms with Gasteiger partial charge in [-0.1, -0.05) is 13.3 Å². The van der Waals surface area contributed by atoms with Crippen LogP contribution in [0.25, 0.3) is 0 Å². The predicted octanol–water partition coefficient (Wildman–Crippen LogP) is 3.02. The zero-order valence-corrected chi connectivity index (χ0v) is 17.3. The molecule has 0 atom stereocenters. The minimum Gasteiger partial charge on any atom is -0.356 e. The second-order valence-electron chi connectivity index (χ2n) is 8.08. The quantitative estimate of drug-likeness (QED) is 0.732. The van der Waals surface area contributed by atoms with E-state index in [-0.39, 0.29) is 0 Å². The summed E-state index contributed by atoms with van der Waals surface area (Å²) >= 11 is 0. The molecule has 2 fully saturated rings. The Morgan fingerprint density at radius 3 is 2.54 bits per heavy atom. The topological polar surface area (TPSA) is 63.0 Å². The molecule has 28 heavy (non-hydrogen) atoms. The molecule has 2 aliphatic heterocycles. The van der Waals surface area contributed by atoms with Crippen molar-refractivity contribution < 1.29 is 0 Å². The van der Waals surface area contributed by atoms with E-state index in [0.717, 1.165) is 63.5 Å². The normalized spacial score (nSPS) is 18.9. The first-order chi connectivity index (χ1) is 13.8. The summed E-state index contributed by atoms with van der Waals surface area (Å²) in [5, 5.41) is 9.22. The Morgan fingerprint density at radius 1 is 1.04 bits per heavy atom. The van der Waals surface area contributed by atoms with Crippen molar-refractivity contribution in [3.8, 4) is 0 Å².